The number of aromatic nitrogens is 1. The molecule has 1 aliphatic rings. The molecule has 1 aliphatic heterocycles. The first-order valence-electron chi connectivity index (χ1n) is 7.52. The SMILES string of the molecule is O=C(O)c1cn2c(c(O)c1=O)C(=O)N(CCc1ccccc1)CC2. The second-order valence-corrected chi connectivity index (χ2v) is 5.60. The Bertz CT molecular complexity index is 857. The third-order valence-corrected chi connectivity index (χ3v) is 4.10. The van der Waals surface area contributed by atoms with Crippen LogP contribution in [-0.2, 0) is 13.0 Å². The lowest BCUT2D eigenvalue weighted by Gasteiger charge is -2.30. The molecule has 2 aromatic rings. The fourth-order valence-electron chi connectivity index (χ4n) is 2.80. The number of carbonyl (C=O) groups is 2. The average molecular weight is 328 g/mol. The Labute approximate surface area is 137 Å². The molecule has 0 saturated carbocycles. The van der Waals surface area contributed by atoms with Gasteiger partial charge in [0.25, 0.3) is 5.91 Å². The molecule has 2 heterocycles. The number of carboxylic acids is 1. The van der Waals surface area contributed by atoms with E-state index in [4.69, 9.17) is 5.11 Å². The number of amides is 1. The lowest BCUT2D eigenvalue weighted by Crippen LogP contribution is -2.43. The van der Waals surface area contributed by atoms with Gasteiger partial charge in [-0.1, -0.05) is 30.3 Å². The van der Waals surface area contributed by atoms with Gasteiger partial charge in [-0.15, -0.1) is 0 Å². The normalized spacial score (nSPS) is 13.7. The third-order valence-electron chi connectivity index (χ3n) is 4.10. The lowest BCUT2D eigenvalue weighted by atomic mass is 10.1. The molecular formula is C17H16N2O5. The van der Waals surface area contributed by atoms with Crippen molar-refractivity contribution in [3.8, 4) is 5.75 Å². The van der Waals surface area contributed by atoms with E-state index in [1.165, 1.54) is 4.57 Å². The summed E-state index contributed by atoms with van der Waals surface area (Å²) in [4.78, 5) is 37.1. The van der Waals surface area contributed by atoms with E-state index in [2.05, 4.69) is 0 Å². The predicted octanol–water partition coefficient (Wildman–Crippen LogP) is 0.951. The monoisotopic (exact) mass is 328 g/mol. The van der Waals surface area contributed by atoms with Crippen molar-refractivity contribution in [2.45, 2.75) is 13.0 Å². The summed E-state index contributed by atoms with van der Waals surface area (Å²) in [6.45, 7) is 1.17. The molecule has 0 atom stereocenters. The van der Waals surface area contributed by atoms with E-state index in [-0.39, 0.29) is 5.69 Å². The van der Waals surface area contributed by atoms with Crippen molar-refractivity contribution in [2.24, 2.45) is 0 Å². The maximum atomic E-state index is 12.6. The Morgan fingerprint density at radius 1 is 1.12 bits per heavy atom. The Hall–Kier alpha value is -3.09. The van der Waals surface area contributed by atoms with Crippen LogP contribution in [0.3, 0.4) is 0 Å². The molecule has 0 saturated heterocycles. The minimum absolute atomic E-state index is 0.149. The molecule has 0 radical (unpaired) electrons. The van der Waals surface area contributed by atoms with Gasteiger partial charge in [0.1, 0.15) is 5.56 Å². The molecule has 1 aromatic carbocycles. The first kappa shape index (κ1) is 15.8. The van der Waals surface area contributed by atoms with Crippen LogP contribution in [0.25, 0.3) is 0 Å². The molecule has 2 N–H and O–H groups in total. The van der Waals surface area contributed by atoms with Gasteiger partial charge in [0.15, 0.2) is 11.4 Å². The smallest absolute Gasteiger partial charge is 0.341 e. The quantitative estimate of drug-likeness (QED) is 0.870. The number of hydrogen-bond donors (Lipinski definition) is 2. The van der Waals surface area contributed by atoms with E-state index in [1.54, 1.807) is 4.90 Å². The second kappa shape index (κ2) is 6.19. The van der Waals surface area contributed by atoms with Crippen molar-refractivity contribution in [1.29, 1.82) is 0 Å². The van der Waals surface area contributed by atoms with Crippen LogP contribution in [0.2, 0.25) is 0 Å². The highest BCUT2D eigenvalue weighted by molar-refractivity contribution is 5.97. The molecule has 1 aromatic heterocycles. The number of benzene rings is 1. The molecule has 0 bridgehead atoms. The summed E-state index contributed by atoms with van der Waals surface area (Å²) in [6, 6.07) is 9.67. The molecule has 7 nitrogen and oxygen atoms in total. The summed E-state index contributed by atoms with van der Waals surface area (Å²) in [7, 11) is 0. The number of carboxylic acid groups (broad SMARTS) is 1. The highest BCUT2D eigenvalue weighted by Gasteiger charge is 2.30. The molecule has 3 rings (SSSR count). The van der Waals surface area contributed by atoms with E-state index < -0.39 is 28.6 Å². The first-order valence-corrected chi connectivity index (χ1v) is 7.52. The number of aromatic hydroxyl groups is 1. The molecule has 24 heavy (non-hydrogen) atoms. The molecule has 0 aliphatic carbocycles. The molecule has 0 spiro atoms. The maximum Gasteiger partial charge on any atom is 0.341 e. The zero-order valence-corrected chi connectivity index (χ0v) is 12.8. The van der Waals surface area contributed by atoms with Gasteiger partial charge in [-0.2, -0.15) is 0 Å². The summed E-state index contributed by atoms with van der Waals surface area (Å²) in [5.41, 5.74) is -0.642. The van der Waals surface area contributed by atoms with Crippen LogP contribution >= 0.6 is 0 Å². The highest BCUT2D eigenvalue weighted by Crippen LogP contribution is 2.20. The van der Waals surface area contributed by atoms with Crippen LogP contribution < -0.4 is 5.43 Å². The van der Waals surface area contributed by atoms with Crippen molar-refractivity contribution < 1.29 is 19.8 Å². The number of nitrogens with zero attached hydrogens (tertiary/aromatic N) is 2. The van der Waals surface area contributed by atoms with Gasteiger partial charge in [0.05, 0.1) is 0 Å². The van der Waals surface area contributed by atoms with Crippen LogP contribution in [0, 0.1) is 0 Å². The molecule has 124 valence electrons. The summed E-state index contributed by atoms with van der Waals surface area (Å²) >= 11 is 0. The van der Waals surface area contributed by atoms with Gasteiger partial charge >= 0.3 is 5.97 Å². The molecule has 1 amide bonds. The molecule has 0 fully saturated rings. The summed E-state index contributed by atoms with van der Waals surface area (Å²) in [5, 5.41) is 19.0. The molecular weight excluding hydrogens is 312 g/mol. The topological polar surface area (TPSA) is 99.8 Å². The van der Waals surface area contributed by atoms with Crippen molar-refractivity contribution in [2.75, 3.05) is 13.1 Å². The number of rotatable bonds is 4. The lowest BCUT2D eigenvalue weighted by molar-refractivity contribution is 0.0671. The first-order chi connectivity index (χ1) is 11.5. The Morgan fingerprint density at radius 3 is 2.50 bits per heavy atom. The van der Waals surface area contributed by atoms with E-state index >= 15 is 0 Å². The van der Waals surface area contributed by atoms with Gasteiger partial charge in [-0.3, -0.25) is 9.59 Å². The third kappa shape index (κ3) is 2.76. The summed E-state index contributed by atoms with van der Waals surface area (Å²) < 4.78 is 1.33. The van der Waals surface area contributed by atoms with Crippen LogP contribution in [0.4, 0.5) is 0 Å². The van der Waals surface area contributed by atoms with Crippen LogP contribution in [0.5, 0.6) is 5.75 Å². The summed E-state index contributed by atoms with van der Waals surface area (Å²) in [6.07, 6.45) is 1.77. The van der Waals surface area contributed by atoms with Gasteiger partial charge in [0, 0.05) is 25.8 Å². The number of pyridine rings is 1. The zero-order valence-electron chi connectivity index (χ0n) is 12.8. The van der Waals surface area contributed by atoms with Crippen molar-refractivity contribution in [3.05, 3.63) is 63.6 Å². The van der Waals surface area contributed by atoms with Crippen molar-refractivity contribution >= 4 is 11.9 Å². The van der Waals surface area contributed by atoms with E-state index in [1.807, 2.05) is 30.3 Å². The Kier molecular flexibility index (Phi) is 4.07. The van der Waals surface area contributed by atoms with E-state index in [0.717, 1.165) is 11.8 Å². The highest BCUT2D eigenvalue weighted by atomic mass is 16.4. The Balaban J connectivity index is 1.86. The maximum absolute atomic E-state index is 12.6. The van der Waals surface area contributed by atoms with Gasteiger partial charge in [0.2, 0.25) is 5.43 Å². The van der Waals surface area contributed by atoms with Gasteiger partial charge < -0.3 is 19.7 Å². The standard InChI is InChI=1S/C17H16N2O5/c20-14-12(17(23)24)10-19-9-8-18(16(22)13(19)15(14)21)7-6-11-4-2-1-3-5-11/h1-5,10,21H,6-9H2,(H,23,24). The van der Waals surface area contributed by atoms with Crippen molar-refractivity contribution in [3.63, 3.8) is 0 Å². The van der Waals surface area contributed by atoms with Crippen LogP contribution in [-0.4, -0.2) is 44.6 Å². The fraction of sp³-hybridized carbons (Fsp3) is 0.235. The van der Waals surface area contributed by atoms with Crippen LogP contribution in [0.15, 0.2) is 41.3 Å². The zero-order chi connectivity index (χ0) is 17.3. The van der Waals surface area contributed by atoms with Crippen molar-refractivity contribution in [1.82, 2.24) is 9.47 Å². The fourth-order valence-corrected chi connectivity index (χ4v) is 2.80. The van der Waals surface area contributed by atoms with E-state index in [0.29, 0.717) is 26.1 Å². The largest absolute Gasteiger partial charge is 0.503 e. The average Bonchev–Trinajstić information content (AvgIpc) is 2.57. The molecule has 0 unspecified atom stereocenters. The van der Waals surface area contributed by atoms with E-state index in [9.17, 15) is 19.5 Å². The predicted molar refractivity (Wildman–Crippen MR) is 85.4 cm³/mol. The minimum Gasteiger partial charge on any atom is -0.503 e. The van der Waals surface area contributed by atoms with Gasteiger partial charge in [-0.05, 0) is 12.0 Å². The number of carbonyl (C=O) groups excluding carboxylic acids is 1. The Morgan fingerprint density at radius 2 is 1.83 bits per heavy atom. The van der Waals surface area contributed by atoms with Gasteiger partial charge in [-0.25, -0.2) is 4.79 Å². The number of fused-ring (bicyclic) bond motifs is 1. The second-order valence-electron chi connectivity index (χ2n) is 5.60. The van der Waals surface area contributed by atoms with Crippen LogP contribution in [0.1, 0.15) is 26.4 Å². The summed E-state index contributed by atoms with van der Waals surface area (Å²) in [5.74, 6) is -2.70. The molecule has 7 heteroatoms. The number of hydrogen-bond acceptors (Lipinski definition) is 4. The minimum atomic E-state index is -1.43. The number of aromatic carboxylic acids is 1.